The predicted octanol–water partition coefficient (Wildman–Crippen LogP) is 6.42. The van der Waals surface area contributed by atoms with Gasteiger partial charge in [0.15, 0.2) is 10.6 Å². The van der Waals surface area contributed by atoms with E-state index in [2.05, 4.69) is 20.5 Å². The molecule has 0 aliphatic rings. The van der Waals surface area contributed by atoms with E-state index in [0.717, 1.165) is 17.8 Å². The molecule has 14 heteroatoms. The van der Waals surface area contributed by atoms with Gasteiger partial charge in [-0.05, 0) is 36.4 Å². The lowest BCUT2D eigenvalue weighted by molar-refractivity contribution is -0.395. The third-order valence-electron chi connectivity index (χ3n) is 5.18. The summed E-state index contributed by atoms with van der Waals surface area (Å²) in [6.07, 6.45) is 0.239. The summed E-state index contributed by atoms with van der Waals surface area (Å²) in [5.41, 5.74) is 0.0566. The molecule has 0 atom stereocenters. The molecule has 0 aliphatic heterocycles. The third kappa shape index (κ3) is 7.82. The molecule has 0 amide bonds. The van der Waals surface area contributed by atoms with Crippen molar-refractivity contribution in [2.45, 2.75) is 11.3 Å². The number of carbonyl (C=O) groups is 1. The number of hydrogen-bond acceptors (Lipinski definition) is 11. The number of anilines is 1. The Bertz CT molecular complexity index is 1470. The number of esters is 1. The lowest BCUT2D eigenvalue weighted by Crippen LogP contribution is -2.29. The van der Waals surface area contributed by atoms with Gasteiger partial charge in [-0.1, -0.05) is 18.2 Å². The minimum Gasteiger partial charge on any atom is -0.460 e. The number of nitriles is 1. The Kier molecular flexibility index (Phi) is 10.0. The highest BCUT2D eigenvalue weighted by molar-refractivity contribution is 8.01. The standard InChI is InChI=1S/C25H19N7O6S/c1-27-39-24-16-21(22(31(34)35)17-23(24)32(36)37)29-28-19-8-10-20(11-9-19)30(13-5-12-26)14-15-38-25(33)18-6-3-2-4-7-18/h2-4,6-11,16-17H,5,13-15H2. The lowest BCUT2D eigenvalue weighted by atomic mass is 10.2. The number of hydrogen-bond donors (Lipinski definition) is 0. The van der Waals surface area contributed by atoms with Gasteiger partial charge < -0.3 is 9.64 Å². The molecule has 0 heterocycles. The Hall–Kier alpha value is -5.34. The first kappa shape index (κ1) is 28.2. The molecule has 0 aliphatic carbocycles. The van der Waals surface area contributed by atoms with Gasteiger partial charge in [0, 0.05) is 18.3 Å². The van der Waals surface area contributed by atoms with Crippen LogP contribution in [0.15, 0.2) is 81.9 Å². The topological polar surface area (TPSA) is 169 Å². The summed E-state index contributed by atoms with van der Waals surface area (Å²) in [7, 11) is 0. The molecule has 0 bridgehead atoms. The molecule has 196 valence electrons. The second kappa shape index (κ2) is 13.8. The SMILES string of the molecule is [C-]#[N+]Sc1cc(N=Nc2ccc(N(CCC#N)CCOC(=O)c3ccccc3)cc2)c([N+](=O)[O-])cc1[N+](=O)[O-]. The number of nitro groups is 2. The van der Waals surface area contributed by atoms with Crippen LogP contribution in [-0.2, 0) is 4.74 Å². The highest BCUT2D eigenvalue weighted by Crippen LogP contribution is 2.40. The van der Waals surface area contributed by atoms with Crippen molar-refractivity contribution in [2.75, 3.05) is 24.6 Å². The van der Waals surface area contributed by atoms with Crippen molar-refractivity contribution in [3.05, 3.63) is 103 Å². The Morgan fingerprint density at radius 2 is 1.72 bits per heavy atom. The van der Waals surface area contributed by atoms with E-state index in [-0.39, 0.29) is 23.6 Å². The van der Waals surface area contributed by atoms with E-state index < -0.39 is 27.2 Å². The van der Waals surface area contributed by atoms with E-state index in [1.165, 1.54) is 0 Å². The Labute approximate surface area is 226 Å². The third-order valence-corrected chi connectivity index (χ3v) is 5.79. The number of carbonyl (C=O) groups excluding carboxylic acids is 1. The van der Waals surface area contributed by atoms with Crippen molar-refractivity contribution in [1.82, 2.24) is 0 Å². The number of azo groups is 1. The van der Waals surface area contributed by atoms with Crippen molar-refractivity contribution >= 4 is 46.4 Å². The van der Waals surface area contributed by atoms with Crippen LogP contribution in [0, 0.1) is 38.1 Å². The molecule has 39 heavy (non-hydrogen) atoms. The average molecular weight is 546 g/mol. The molecule has 13 nitrogen and oxygen atoms in total. The first-order valence-corrected chi connectivity index (χ1v) is 12.0. The number of rotatable bonds is 12. The van der Waals surface area contributed by atoms with E-state index in [4.69, 9.17) is 16.6 Å². The molecule has 3 rings (SSSR count). The number of nitrogens with zero attached hydrogens (tertiary/aromatic N) is 7. The minimum atomic E-state index is -0.811. The van der Waals surface area contributed by atoms with Crippen molar-refractivity contribution in [2.24, 2.45) is 10.2 Å². The Morgan fingerprint density at radius 3 is 2.33 bits per heavy atom. The van der Waals surface area contributed by atoms with Crippen LogP contribution in [0.5, 0.6) is 0 Å². The van der Waals surface area contributed by atoms with Gasteiger partial charge in [0.1, 0.15) is 6.61 Å². The van der Waals surface area contributed by atoms with E-state index >= 15 is 0 Å². The first-order chi connectivity index (χ1) is 18.8. The first-order valence-electron chi connectivity index (χ1n) is 11.2. The van der Waals surface area contributed by atoms with Crippen molar-refractivity contribution in [3.8, 4) is 6.07 Å². The largest absolute Gasteiger partial charge is 0.460 e. The van der Waals surface area contributed by atoms with Crippen molar-refractivity contribution in [1.29, 1.82) is 5.26 Å². The van der Waals surface area contributed by atoms with Crippen LogP contribution in [-0.4, -0.2) is 35.5 Å². The summed E-state index contributed by atoms with van der Waals surface area (Å²) >= 11 is 0.471. The summed E-state index contributed by atoms with van der Waals surface area (Å²) < 4.78 is 8.38. The van der Waals surface area contributed by atoms with Gasteiger partial charge in [0.25, 0.3) is 5.69 Å². The Balaban J connectivity index is 1.75. The molecular formula is C25H19N7O6S. The fraction of sp³-hybridized carbons (Fsp3) is 0.160. The summed E-state index contributed by atoms with van der Waals surface area (Å²) in [4.78, 5) is 35.0. The van der Waals surface area contributed by atoms with Crippen LogP contribution in [0.1, 0.15) is 16.8 Å². The van der Waals surface area contributed by atoms with E-state index in [9.17, 15) is 25.0 Å². The summed E-state index contributed by atoms with van der Waals surface area (Å²) in [5, 5.41) is 39.6. The van der Waals surface area contributed by atoms with Gasteiger partial charge in [0.05, 0.1) is 46.2 Å². The number of benzene rings is 3. The van der Waals surface area contributed by atoms with E-state index in [0.29, 0.717) is 36.3 Å². The maximum absolute atomic E-state index is 12.2. The van der Waals surface area contributed by atoms with E-state index in [1.54, 1.807) is 54.6 Å². The van der Waals surface area contributed by atoms with Crippen molar-refractivity contribution < 1.29 is 19.4 Å². The predicted molar refractivity (Wildman–Crippen MR) is 142 cm³/mol. The maximum Gasteiger partial charge on any atom is 0.338 e. The molecule has 0 saturated carbocycles. The van der Waals surface area contributed by atoms with Gasteiger partial charge in [-0.25, -0.2) is 15.6 Å². The van der Waals surface area contributed by atoms with Gasteiger partial charge in [0.2, 0.25) is 0 Å². The van der Waals surface area contributed by atoms with Gasteiger partial charge >= 0.3 is 23.6 Å². The number of ether oxygens (including phenoxy) is 1. The van der Waals surface area contributed by atoms with Crippen molar-refractivity contribution in [3.63, 3.8) is 0 Å². The second-order valence-corrected chi connectivity index (χ2v) is 8.42. The normalized spacial score (nSPS) is 10.4. The van der Waals surface area contributed by atoms with Crippen LogP contribution in [0.4, 0.5) is 28.4 Å². The van der Waals surface area contributed by atoms with Crippen LogP contribution in [0.25, 0.3) is 4.25 Å². The summed E-state index contributed by atoms with van der Waals surface area (Å²) in [6, 6.07) is 19.1. The van der Waals surface area contributed by atoms with Crippen LogP contribution in [0.3, 0.4) is 0 Å². The van der Waals surface area contributed by atoms with Gasteiger partial charge in [-0.2, -0.15) is 10.4 Å². The molecular weight excluding hydrogens is 526 g/mol. The monoisotopic (exact) mass is 545 g/mol. The van der Waals surface area contributed by atoms with Crippen LogP contribution < -0.4 is 4.90 Å². The highest BCUT2D eigenvalue weighted by atomic mass is 32.2. The number of nitro benzene ring substituents is 2. The maximum atomic E-state index is 12.2. The molecule has 0 fully saturated rings. The van der Waals surface area contributed by atoms with E-state index in [1.807, 2.05) is 4.90 Å². The molecule has 0 aromatic heterocycles. The van der Waals surface area contributed by atoms with Gasteiger partial charge in [-0.15, -0.1) is 5.11 Å². The zero-order chi connectivity index (χ0) is 28.2. The Morgan fingerprint density at radius 1 is 1.03 bits per heavy atom. The molecule has 3 aromatic rings. The molecule has 0 unspecified atom stereocenters. The fourth-order valence-corrected chi connectivity index (χ4v) is 3.83. The molecule has 0 radical (unpaired) electrons. The molecule has 0 saturated heterocycles. The average Bonchev–Trinajstić information content (AvgIpc) is 2.94. The molecule has 0 N–H and O–H groups in total. The quantitative estimate of drug-likeness (QED) is 0.0622. The summed E-state index contributed by atoms with van der Waals surface area (Å²) in [5.74, 6) is -0.454. The fourth-order valence-electron chi connectivity index (χ4n) is 3.34. The zero-order valence-corrected chi connectivity index (χ0v) is 21.0. The van der Waals surface area contributed by atoms with Gasteiger partial charge in [-0.3, -0.25) is 20.2 Å². The molecule has 0 spiro atoms. The van der Waals surface area contributed by atoms with Crippen LogP contribution in [0.2, 0.25) is 0 Å². The smallest absolute Gasteiger partial charge is 0.338 e. The summed E-state index contributed by atoms with van der Waals surface area (Å²) in [6.45, 7) is 7.76. The minimum absolute atomic E-state index is 0.0917. The van der Waals surface area contributed by atoms with Crippen LogP contribution >= 0.6 is 11.9 Å². The second-order valence-electron chi connectivity index (χ2n) is 7.62. The lowest BCUT2D eigenvalue weighted by Gasteiger charge is -2.23. The zero-order valence-electron chi connectivity index (χ0n) is 20.2. The highest BCUT2D eigenvalue weighted by Gasteiger charge is 2.27. The molecule has 3 aromatic carbocycles.